The molecule has 4 nitrogen and oxygen atoms in total. The zero-order valence-electron chi connectivity index (χ0n) is 19.8. The van der Waals surface area contributed by atoms with Crippen molar-refractivity contribution in [3.8, 4) is 16.9 Å². The van der Waals surface area contributed by atoms with Crippen molar-refractivity contribution in [2.75, 3.05) is 0 Å². The van der Waals surface area contributed by atoms with E-state index in [-0.39, 0.29) is 18.0 Å². The summed E-state index contributed by atoms with van der Waals surface area (Å²) < 4.78 is 11.1. The van der Waals surface area contributed by atoms with E-state index < -0.39 is 0 Å². The summed E-state index contributed by atoms with van der Waals surface area (Å²) in [6.45, 7) is 8.26. The molecule has 0 aliphatic rings. The Balaban J connectivity index is 1.59. The van der Waals surface area contributed by atoms with Crippen LogP contribution in [0.25, 0.3) is 11.1 Å². The van der Waals surface area contributed by atoms with Crippen molar-refractivity contribution in [1.82, 2.24) is 0 Å². The van der Waals surface area contributed by atoms with Crippen molar-refractivity contribution in [1.29, 1.82) is 0 Å². The largest absolute Gasteiger partial charge is 0.459 e. The van der Waals surface area contributed by atoms with Crippen LogP contribution in [0, 0.1) is 12.8 Å². The van der Waals surface area contributed by atoms with Crippen LogP contribution in [0.4, 0.5) is 0 Å². The Morgan fingerprint density at radius 3 is 1.76 bits per heavy atom. The molecule has 0 aliphatic heterocycles. The number of carbonyl (C=O) groups is 2. The van der Waals surface area contributed by atoms with Gasteiger partial charge in [0, 0.05) is 0 Å². The molecule has 1 atom stereocenters. The van der Waals surface area contributed by atoms with Gasteiger partial charge >= 0.3 is 11.9 Å². The number of ether oxygens (including phenoxy) is 2. The van der Waals surface area contributed by atoms with Crippen LogP contribution in [0.15, 0.2) is 72.8 Å². The molecule has 3 aromatic carbocycles. The van der Waals surface area contributed by atoms with Crippen LogP contribution in [0.3, 0.4) is 0 Å². The number of rotatable bonds is 9. The molecule has 0 amide bonds. The zero-order valence-corrected chi connectivity index (χ0v) is 19.8. The summed E-state index contributed by atoms with van der Waals surface area (Å²) in [6.07, 6.45) is 2.98. The number of carbonyl (C=O) groups excluding carboxylic acids is 2. The summed E-state index contributed by atoms with van der Waals surface area (Å²) in [5.74, 6) is 0.382. The van der Waals surface area contributed by atoms with E-state index in [1.54, 1.807) is 36.4 Å². The highest BCUT2D eigenvalue weighted by Gasteiger charge is 2.16. The van der Waals surface area contributed by atoms with Gasteiger partial charge in [0.1, 0.15) is 5.75 Å². The minimum atomic E-state index is -0.385. The molecule has 0 N–H and O–H groups in total. The van der Waals surface area contributed by atoms with Crippen LogP contribution in [0.2, 0.25) is 0 Å². The average molecular weight is 445 g/mol. The van der Waals surface area contributed by atoms with E-state index in [4.69, 9.17) is 9.47 Å². The topological polar surface area (TPSA) is 52.6 Å². The van der Waals surface area contributed by atoms with Crippen LogP contribution >= 0.6 is 0 Å². The molecule has 0 spiro atoms. The molecular weight excluding hydrogens is 412 g/mol. The first kappa shape index (κ1) is 24.2. The lowest BCUT2D eigenvalue weighted by atomic mass is 9.97. The number of hydrogen-bond acceptors (Lipinski definition) is 4. The molecule has 4 heteroatoms. The second-order valence-corrected chi connectivity index (χ2v) is 8.49. The Bertz CT molecular complexity index is 1050. The highest BCUT2D eigenvalue weighted by atomic mass is 16.5. The normalized spacial score (nSPS) is 11.8. The van der Waals surface area contributed by atoms with Gasteiger partial charge in [-0.15, -0.1) is 0 Å². The van der Waals surface area contributed by atoms with Gasteiger partial charge in [0.25, 0.3) is 0 Å². The molecule has 0 heterocycles. The second-order valence-electron chi connectivity index (χ2n) is 8.49. The summed E-state index contributed by atoms with van der Waals surface area (Å²) in [5, 5.41) is 0. The van der Waals surface area contributed by atoms with E-state index in [0.717, 1.165) is 36.0 Å². The van der Waals surface area contributed by atoms with Crippen molar-refractivity contribution in [3.05, 3.63) is 89.5 Å². The van der Waals surface area contributed by atoms with Crippen molar-refractivity contribution in [2.24, 2.45) is 5.92 Å². The smallest absolute Gasteiger partial charge is 0.343 e. The minimum Gasteiger partial charge on any atom is -0.459 e. The minimum absolute atomic E-state index is 0.0998. The number of esters is 2. The fourth-order valence-corrected chi connectivity index (χ4v) is 3.76. The van der Waals surface area contributed by atoms with Gasteiger partial charge in [-0.25, -0.2) is 9.59 Å². The highest BCUT2D eigenvalue weighted by Crippen LogP contribution is 2.24. The van der Waals surface area contributed by atoms with Gasteiger partial charge in [0.05, 0.1) is 17.2 Å². The fourth-order valence-electron chi connectivity index (χ4n) is 3.76. The van der Waals surface area contributed by atoms with E-state index in [2.05, 4.69) is 13.8 Å². The Morgan fingerprint density at radius 2 is 1.21 bits per heavy atom. The monoisotopic (exact) mass is 444 g/mol. The van der Waals surface area contributed by atoms with Crippen LogP contribution in [0.5, 0.6) is 5.75 Å². The van der Waals surface area contributed by atoms with Crippen LogP contribution < -0.4 is 4.74 Å². The molecule has 0 fully saturated rings. The number of aryl methyl sites for hydroxylation is 1. The SMILES string of the molecule is CCC(CC)C[C@@H](C)OC(=O)c1ccc(-c2ccc(OC(=O)c3ccc(C)cc3)cc2)cc1. The van der Waals surface area contributed by atoms with Crippen molar-refractivity contribution >= 4 is 11.9 Å². The van der Waals surface area contributed by atoms with Crippen LogP contribution in [0.1, 0.15) is 66.3 Å². The summed E-state index contributed by atoms with van der Waals surface area (Å²) >= 11 is 0. The van der Waals surface area contributed by atoms with Gasteiger partial charge in [-0.1, -0.05) is 68.7 Å². The average Bonchev–Trinajstić information content (AvgIpc) is 2.83. The zero-order chi connectivity index (χ0) is 23.8. The Kier molecular flexibility index (Phi) is 8.42. The standard InChI is InChI=1S/C29H32O4/c1-5-22(6-2)19-21(4)32-28(30)26-13-11-23(12-14-26)24-15-17-27(18-16-24)33-29(31)25-9-7-20(3)8-10-25/h7-18,21-22H,5-6,19H2,1-4H3/t21-/m1/s1. The van der Waals surface area contributed by atoms with Crippen molar-refractivity contribution in [2.45, 2.75) is 53.1 Å². The van der Waals surface area contributed by atoms with E-state index in [1.165, 1.54) is 0 Å². The predicted molar refractivity (Wildman–Crippen MR) is 132 cm³/mol. The molecule has 33 heavy (non-hydrogen) atoms. The van der Waals surface area contributed by atoms with Gasteiger partial charge in [-0.3, -0.25) is 0 Å². The van der Waals surface area contributed by atoms with E-state index in [0.29, 0.717) is 22.8 Å². The van der Waals surface area contributed by atoms with Gasteiger partial charge in [0.2, 0.25) is 0 Å². The van der Waals surface area contributed by atoms with Crippen molar-refractivity contribution < 1.29 is 19.1 Å². The predicted octanol–water partition coefficient (Wildman–Crippen LogP) is 7.25. The number of benzene rings is 3. The first-order chi connectivity index (χ1) is 15.9. The molecule has 3 aromatic rings. The van der Waals surface area contributed by atoms with Crippen molar-refractivity contribution in [3.63, 3.8) is 0 Å². The first-order valence-electron chi connectivity index (χ1n) is 11.6. The summed E-state index contributed by atoms with van der Waals surface area (Å²) in [7, 11) is 0. The van der Waals surface area contributed by atoms with Gasteiger partial charge in [0.15, 0.2) is 0 Å². The molecule has 0 saturated heterocycles. The molecule has 0 aliphatic carbocycles. The van der Waals surface area contributed by atoms with Gasteiger partial charge < -0.3 is 9.47 Å². The molecule has 0 bridgehead atoms. The Hall–Kier alpha value is -3.40. The third-order valence-electron chi connectivity index (χ3n) is 5.93. The highest BCUT2D eigenvalue weighted by molar-refractivity contribution is 5.91. The van der Waals surface area contributed by atoms with E-state index in [1.807, 2.05) is 50.2 Å². The maximum atomic E-state index is 12.5. The lowest BCUT2D eigenvalue weighted by Crippen LogP contribution is -2.18. The summed E-state index contributed by atoms with van der Waals surface area (Å²) in [6, 6.07) is 22.0. The second kappa shape index (κ2) is 11.5. The fraction of sp³-hybridized carbons (Fsp3) is 0.310. The van der Waals surface area contributed by atoms with Gasteiger partial charge in [-0.2, -0.15) is 0 Å². The summed E-state index contributed by atoms with van der Waals surface area (Å²) in [4.78, 5) is 24.8. The van der Waals surface area contributed by atoms with Crippen LogP contribution in [-0.4, -0.2) is 18.0 Å². The third kappa shape index (κ3) is 6.79. The number of hydrogen-bond donors (Lipinski definition) is 0. The molecule has 0 aromatic heterocycles. The Labute approximate surface area is 196 Å². The molecule has 0 saturated carbocycles. The first-order valence-corrected chi connectivity index (χ1v) is 11.6. The van der Waals surface area contributed by atoms with E-state index >= 15 is 0 Å². The maximum absolute atomic E-state index is 12.5. The van der Waals surface area contributed by atoms with Gasteiger partial charge in [-0.05, 0) is 73.7 Å². The quantitative estimate of drug-likeness (QED) is 0.258. The van der Waals surface area contributed by atoms with E-state index in [9.17, 15) is 9.59 Å². The molecule has 172 valence electrons. The van der Waals surface area contributed by atoms with Crippen LogP contribution in [-0.2, 0) is 4.74 Å². The lowest BCUT2D eigenvalue weighted by molar-refractivity contribution is 0.0285. The lowest BCUT2D eigenvalue weighted by Gasteiger charge is -2.18. The molecule has 3 rings (SSSR count). The molecular formula is C29H32O4. The third-order valence-corrected chi connectivity index (χ3v) is 5.93. The molecule has 0 radical (unpaired) electrons. The summed E-state index contributed by atoms with van der Waals surface area (Å²) in [5.41, 5.74) is 4.08. The Morgan fingerprint density at radius 1 is 0.727 bits per heavy atom. The maximum Gasteiger partial charge on any atom is 0.343 e. The molecule has 0 unspecified atom stereocenters.